The summed E-state index contributed by atoms with van der Waals surface area (Å²) in [5.74, 6) is -1.47. The highest BCUT2D eigenvalue weighted by Gasteiger charge is 2.17. The molecule has 0 aliphatic heterocycles. The fourth-order valence-corrected chi connectivity index (χ4v) is 2.66. The number of carboxylic acid groups (broad SMARTS) is 1. The van der Waals surface area contributed by atoms with E-state index in [0.717, 1.165) is 4.90 Å². The molecule has 0 heterocycles. The van der Waals surface area contributed by atoms with Crippen molar-refractivity contribution in [3.8, 4) is 0 Å². The number of hydrogen-bond donors (Lipinski definition) is 2. The number of hydrogen-bond acceptors (Lipinski definition) is 3. The fourth-order valence-electron chi connectivity index (χ4n) is 1.71. The summed E-state index contributed by atoms with van der Waals surface area (Å²) in [6.07, 6.45) is 0. The summed E-state index contributed by atoms with van der Waals surface area (Å²) in [4.78, 5) is 25.2. The number of urea groups is 1. The Labute approximate surface area is 129 Å². The van der Waals surface area contributed by atoms with Crippen molar-refractivity contribution in [2.24, 2.45) is 5.92 Å². The second-order valence-corrected chi connectivity index (χ2v) is 6.56. The lowest BCUT2D eigenvalue weighted by molar-refractivity contribution is -0.141. The Kier molecular flexibility index (Phi) is 7.08. The van der Waals surface area contributed by atoms with E-state index in [2.05, 4.69) is 5.32 Å². The second kappa shape index (κ2) is 8.56. The van der Waals surface area contributed by atoms with Gasteiger partial charge in [0.1, 0.15) is 0 Å². The first-order valence-corrected chi connectivity index (χ1v) is 7.71. The summed E-state index contributed by atoms with van der Waals surface area (Å²) in [6.45, 7) is 4.35. The SMILES string of the molecule is CC(CNC(=O)N(C)CC(C)C(=O)O)Sc1ccccc1. The van der Waals surface area contributed by atoms with Gasteiger partial charge in [-0.15, -0.1) is 11.8 Å². The van der Waals surface area contributed by atoms with Crippen molar-refractivity contribution in [1.29, 1.82) is 0 Å². The van der Waals surface area contributed by atoms with Gasteiger partial charge in [-0.2, -0.15) is 0 Å². The van der Waals surface area contributed by atoms with Crippen molar-refractivity contribution in [1.82, 2.24) is 10.2 Å². The molecule has 116 valence electrons. The van der Waals surface area contributed by atoms with Crippen LogP contribution >= 0.6 is 11.8 Å². The fraction of sp³-hybridized carbons (Fsp3) is 0.467. The molecular weight excluding hydrogens is 288 g/mol. The van der Waals surface area contributed by atoms with Crippen molar-refractivity contribution in [3.63, 3.8) is 0 Å². The number of rotatable bonds is 7. The maximum atomic E-state index is 11.9. The van der Waals surface area contributed by atoms with Gasteiger partial charge in [0.2, 0.25) is 0 Å². The number of nitrogens with one attached hydrogen (secondary N) is 1. The molecule has 0 spiro atoms. The zero-order chi connectivity index (χ0) is 15.8. The van der Waals surface area contributed by atoms with E-state index in [1.807, 2.05) is 37.3 Å². The van der Waals surface area contributed by atoms with E-state index in [1.54, 1.807) is 25.7 Å². The Bertz CT molecular complexity index is 467. The van der Waals surface area contributed by atoms with Gasteiger partial charge in [-0.3, -0.25) is 4.79 Å². The Morgan fingerprint density at radius 3 is 2.48 bits per heavy atom. The van der Waals surface area contributed by atoms with Gasteiger partial charge in [0.05, 0.1) is 5.92 Å². The molecule has 6 heteroatoms. The summed E-state index contributed by atoms with van der Waals surface area (Å²) in [5.41, 5.74) is 0. The highest BCUT2D eigenvalue weighted by molar-refractivity contribution is 8.00. The summed E-state index contributed by atoms with van der Waals surface area (Å²) in [5, 5.41) is 11.9. The Balaban J connectivity index is 2.33. The van der Waals surface area contributed by atoms with Gasteiger partial charge in [-0.05, 0) is 12.1 Å². The van der Waals surface area contributed by atoms with Crippen LogP contribution in [0.15, 0.2) is 35.2 Å². The average molecular weight is 310 g/mol. The smallest absolute Gasteiger partial charge is 0.317 e. The third-order valence-corrected chi connectivity index (χ3v) is 4.05. The first kappa shape index (κ1) is 17.4. The van der Waals surface area contributed by atoms with E-state index >= 15 is 0 Å². The summed E-state index contributed by atoms with van der Waals surface area (Å²) in [6, 6.07) is 9.75. The van der Waals surface area contributed by atoms with E-state index in [9.17, 15) is 9.59 Å². The van der Waals surface area contributed by atoms with Crippen LogP contribution in [0, 0.1) is 5.92 Å². The second-order valence-electron chi connectivity index (χ2n) is 5.05. The van der Waals surface area contributed by atoms with Crippen molar-refractivity contribution in [2.45, 2.75) is 24.0 Å². The van der Waals surface area contributed by atoms with Crippen LogP contribution < -0.4 is 5.32 Å². The predicted molar refractivity (Wildman–Crippen MR) is 84.6 cm³/mol. The molecule has 0 radical (unpaired) electrons. The number of nitrogens with zero attached hydrogens (tertiary/aromatic N) is 1. The van der Waals surface area contributed by atoms with Crippen LogP contribution in [0.3, 0.4) is 0 Å². The van der Waals surface area contributed by atoms with Gasteiger partial charge in [-0.1, -0.05) is 32.0 Å². The maximum absolute atomic E-state index is 11.9. The maximum Gasteiger partial charge on any atom is 0.317 e. The third kappa shape index (κ3) is 6.53. The Hall–Kier alpha value is -1.69. The molecule has 2 amide bonds. The zero-order valence-electron chi connectivity index (χ0n) is 12.6. The summed E-state index contributed by atoms with van der Waals surface area (Å²) >= 11 is 1.69. The Morgan fingerprint density at radius 1 is 1.29 bits per heavy atom. The summed E-state index contributed by atoms with van der Waals surface area (Å²) in [7, 11) is 1.60. The number of amides is 2. The van der Waals surface area contributed by atoms with Gasteiger partial charge in [-0.25, -0.2) is 4.79 Å². The molecule has 0 fully saturated rings. The van der Waals surface area contributed by atoms with Crippen LogP contribution in [-0.4, -0.2) is 47.4 Å². The standard InChI is InChI=1S/C15H22N2O3S/c1-11(14(18)19)10-17(3)15(20)16-9-12(2)21-13-7-5-4-6-8-13/h4-8,11-12H,9-10H2,1-3H3,(H,16,20)(H,18,19). The molecule has 2 unspecified atom stereocenters. The lowest BCUT2D eigenvalue weighted by Gasteiger charge is -2.21. The van der Waals surface area contributed by atoms with Crippen molar-refractivity contribution in [2.75, 3.05) is 20.1 Å². The number of benzene rings is 1. The topological polar surface area (TPSA) is 69.6 Å². The van der Waals surface area contributed by atoms with Crippen molar-refractivity contribution in [3.05, 3.63) is 30.3 Å². The van der Waals surface area contributed by atoms with Crippen molar-refractivity contribution < 1.29 is 14.7 Å². The first-order valence-electron chi connectivity index (χ1n) is 6.83. The monoisotopic (exact) mass is 310 g/mol. The van der Waals surface area contributed by atoms with Gasteiger partial charge in [0.15, 0.2) is 0 Å². The van der Waals surface area contributed by atoms with E-state index < -0.39 is 11.9 Å². The average Bonchev–Trinajstić information content (AvgIpc) is 2.45. The highest BCUT2D eigenvalue weighted by Crippen LogP contribution is 2.21. The van der Waals surface area contributed by atoms with E-state index in [4.69, 9.17) is 5.11 Å². The number of aliphatic carboxylic acids is 1. The van der Waals surface area contributed by atoms with E-state index in [0.29, 0.717) is 6.54 Å². The van der Waals surface area contributed by atoms with Crippen LogP contribution in [-0.2, 0) is 4.79 Å². The quantitative estimate of drug-likeness (QED) is 0.759. The van der Waals surface area contributed by atoms with E-state index in [1.165, 1.54) is 4.90 Å². The van der Waals surface area contributed by atoms with Crippen molar-refractivity contribution >= 4 is 23.8 Å². The number of carboxylic acids is 1. The molecule has 0 saturated carbocycles. The first-order chi connectivity index (χ1) is 9.90. The molecule has 5 nitrogen and oxygen atoms in total. The van der Waals surface area contributed by atoms with Crippen LogP contribution in [0.2, 0.25) is 0 Å². The Morgan fingerprint density at radius 2 is 1.90 bits per heavy atom. The van der Waals surface area contributed by atoms with E-state index in [-0.39, 0.29) is 17.8 Å². The van der Waals surface area contributed by atoms with Gasteiger partial charge in [0.25, 0.3) is 0 Å². The summed E-state index contributed by atoms with van der Waals surface area (Å²) < 4.78 is 0. The van der Waals surface area contributed by atoms with Gasteiger partial charge >= 0.3 is 12.0 Å². The normalized spacial score (nSPS) is 13.3. The number of carbonyl (C=O) groups excluding carboxylic acids is 1. The van der Waals surface area contributed by atoms with Gasteiger partial charge in [0, 0.05) is 30.3 Å². The minimum atomic E-state index is -0.900. The molecule has 0 saturated heterocycles. The predicted octanol–water partition coefficient (Wildman–Crippen LogP) is 2.53. The lowest BCUT2D eigenvalue weighted by Crippen LogP contribution is -2.42. The lowest BCUT2D eigenvalue weighted by atomic mass is 10.2. The molecule has 0 aliphatic rings. The molecule has 0 aromatic heterocycles. The van der Waals surface area contributed by atoms with Crippen LogP contribution in [0.1, 0.15) is 13.8 Å². The number of carbonyl (C=O) groups is 2. The molecule has 1 aromatic rings. The van der Waals surface area contributed by atoms with Crippen LogP contribution in [0.5, 0.6) is 0 Å². The minimum Gasteiger partial charge on any atom is -0.481 e. The molecule has 0 bridgehead atoms. The number of thioether (sulfide) groups is 1. The van der Waals surface area contributed by atoms with Gasteiger partial charge < -0.3 is 15.3 Å². The largest absolute Gasteiger partial charge is 0.481 e. The molecule has 1 rings (SSSR count). The minimum absolute atomic E-state index is 0.196. The highest BCUT2D eigenvalue weighted by atomic mass is 32.2. The molecule has 1 aromatic carbocycles. The molecule has 21 heavy (non-hydrogen) atoms. The molecular formula is C15H22N2O3S. The molecule has 2 atom stereocenters. The zero-order valence-corrected chi connectivity index (χ0v) is 13.4. The third-order valence-electron chi connectivity index (χ3n) is 2.94. The molecule has 2 N–H and O–H groups in total. The molecule has 0 aliphatic carbocycles. The van der Waals surface area contributed by atoms with Crippen LogP contribution in [0.25, 0.3) is 0 Å². The van der Waals surface area contributed by atoms with Crippen LogP contribution in [0.4, 0.5) is 4.79 Å².